The molecule has 1 fully saturated rings. The highest BCUT2D eigenvalue weighted by Crippen LogP contribution is 2.30. The molecule has 3 heteroatoms. The molecule has 1 aromatic rings. The molecule has 0 aliphatic carbocycles. The van der Waals surface area contributed by atoms with Crippen LogP contribution in [-0.4, -0.2) is 23.5 Å². The van der Waals surface area contributed by atoms with Crippen LogP contribution in [0.5, 0.6) is 0 Å². The van der Waals surface area contributed by atoms with Gasteiger partial charge in [-0.1, -0.05) is 30.3 Å². The molecule has 2 N–H and O–H groups in total. The Bertz CT molecular complexity index is 461. The van der Waals surface area contributed by atoms with Crippen molar-refractivity contribution in [3.8, 4) is 6.07 Å². The molecular formula is C16H23N3. The van der Waals surface area contributed by atoms with E-state index in [9.17, 15) is 5.26 Å². The maximum absolute atomic E-state index is 9.45. The molecule has 1 unspecified atom stereocenters. The van der Waals surface area contributed by atoms with Gasteiger partial charge < -0.3 is 5.73 Å². The third kappa shape index (κ3) is 2.97. The average Bonchev–Trinajstić information content (AvgIpc) is 2.76. The van der Waals surface area contributed by atoms with Gasteiger partial charge in [0.15, 0.2) is 0 Å². The van der Waals surface area contributed by atoms with Crippen molar-refractivity contribution < 1.29 is 0 Å². The Morgan fingerprint density at radius 1 is 1.37 bits per heavy atom. The lowest BCUT2D eigenvalue weighted by Gasteiger charge is -2.34. The molecule has 0 bridgehead atoms. The van der Waals surface area contributed by atoms with Gasteiger partial charge in [-0.05, 0) is 45.2 Å². The molecule has 1 aromatic carbocycles. The number of nitrogens with zero attached hydrogens (tertiary/aromatic N) is 2. The quantitative estimate of drug-likeness (QED) is 0.902. The van der Waals surface area contributed by atoms with Gasteiger partial charge in [0, 0.05) is 12.1 Å². The first kappa shape index (κ1) is 14.0. The number of rotatable bonds is 4. The summed E-state index contributed by atoms with van der Waals surface area (Å²) in [5.41, 5.74) is 6.58. The van der Waals surface area contributed by atoms with E-state index in [2.05, 4.69) is 24.8 Å². The van der Waals surface area contributed by atoms with Crippen LogP contribution in [-0.2, 0) is 5.54 Å². The van der Waals surface area contributed by atoms with Crippen molar-refractivity contribution in [3.05, 3.63) is 35.9 Å². The van der Waals surface area contributed by atoms with Crippen molar-refractivity contribution in [2.75, 3.05) is 13.1 Å². The number of likely N-dealkylation sites (tertiary alicyclic amines) is 1. The minimum atomic E-state index is -0.875. The lowest BCUT2D eigenvalue weighted by atomic mass is 9.88. The fraction of sp³-hybridized carbons (Fsp3) is 0.562. The molecule has 1 saturated heterocycles. The molecule has 19 heavy (non-hydrogen) atoms. The van der Waals surface area contributed by atoms with E-state index in [-0.39, 0.29) is 5.54 Å². The fourth-order valence-corrected chi connectivity index (χ4v) is 2.89. The zero-order chi connectivity index (χ0) is 13.9. The van der Waals surface area contributed by atoms with Crippen molar-refractivity contribution in [1.82, 2.24) is 4.90 Å². The van der Waals surface area contributed by atoms with Gasteiger partial charge in [0.25, 0.3) is 0 Å². The Kier molecular flexibility index (Phi) is 3.93. The van der Waals surface area contributed by atoms with Gasteiger partial charge in [0.2, 0.25) is 0 Å². The molecule has 0 saturated carbocycles. The van der Waals surface area contributed by atoms with Crippen molar-refractivity contribution >= 4 is 0 Å². The Balaban J connectivity index is 2.06. The lowest BCUT2D eigenvalue weighted by molar-refractivity contribution is 0.164. The molecular weight excluding hydrogens is 234 g/mol. The number of hydrogen-bond acceptors (Lipinski definition) is 3. The second-order valence-electron chi connectivity index (χ2n) is 6.10. The molecule has 1 atom stereocenters. The molecule has 1 aliphatic rings. The SMILES string of the molecule is CC1(C)CCCN1CCC(N)(C#N)c1ccccc1. The van der Waals surface area contributed by atoms with E-state index in [1.54, 1.807) is 0 Å². The highest BCUT2D eigenvalue weighted by Gasteiger charge is 2.34. The molecule has 2 rings (SSSR count). The molecule has 0 spiro atoms. The standard InChI is InChI=1S/C16H23N3/c1-15(2)9-6-11-19(15)12-10-16(18,13-17)14-7-4-3-5-8-14/h3-5,7-8H,6,9-12,18H2,1-2H3. The second kappa shape index (κ2) is 5.32. The van der Waals surface area contributed by atoms with Crippen LogP contribution in [0.2, 0.25) is 0 Å². The summed E-state index contributed by atoms with van der Waals surface area (Å²) < 4.78 is 0. The van der Waals surface area contributed by atoms with Crippen molar-refractivity contribution in [1.29, 1.82) is 5.26 Å². The highest BCUT2D eigenvalue weighted by molar-refractivity contribution is 5.30. The van der Waals surface area contributed by atoms with Crippen LogP contribution in [0, 0.1) is 11.3 Å². The lowest BCUT2D eigenvalue weighted by Crippen LogP contribution is -2.44. The maximum atomic E-state index is 9.45. The minimum absolute atomic E-state index is 0.243. The van der Waals surface area contributed by atoms with E-state index < -0.39 is 5.54 Å². The van der Waals surface area contributed by atoms with Crippen LogP contribution in [0.1, 0.15) is 38.7 Å². The van der Waals surface area contributed by atoms with Crippen molar-refractivity contribution in [2.24, 2.45) is 5.73 Å². The van der Waals surface area contributed by atoms with Crippen LogP contribution < -0.4 is 5.73 Å². The van der Waals surface area contributed by atoms with Gasteiger partial charge in [0.05, 0.1) is 6.07 Å². The summed E-state index contributed by atoms with van der Waals surface area (Å²) in [4.78, 5) is 2.45. The van der Waals surface area contributed by atoms with Crippen LogP contribution in [0.15, 0.2) is 30.3 Å². The molecule has 0 aromatic heterocycles. The molecule has 3 nitrogen and oxygen atoms in total. The number of nitriles is 1. The number of hydrogen-bond donors (Lipinski definition) is 1. The monoisotopic (exact) mass is 257 g/mol. The topological polar surface area (TPSA) is 53.0 Å². The van der Waals surface area contributed by atoms with Crippen LogP contribution in [0.25, 0.3) is 0 Å². The largest absolute Gasteiger partial charge is 0.310 e. The van der Waals surface area contributed by atoms with Gasteiger partial charge >= 0.3 is 0 Å². The van der Waals surface area contributed by atoms with Gasteiger partial charge in [-0.25, -0.2) is 0 Å². The molecule has 1 heterocycles. The highest BCUT2D eigenvalue weighted by atomic mass is 15.2. The van der Waals surface area contributed by atoms with Crippen LogP contribution in [0.3, 0.4) is 0 Å². The Hall–Kier alpha value is -1.37. The third-order valence-electron chi connectivity index (χ3n) is 4.34. The van der Waals surface area contributed by atoms with Gasteiger partial charge in [-0.15, -0.1) is 0 Å². The first-order valence-electron chi connectivity index (χ1n) is 6.99. The van der Waals surface area contributed by atoms with Crippen LogP contribution >= 0.6 is 0 Å². The van der Waals surface area contributed by atoms with Gasteiger partial charge in [-0.3, -0.25) is 4.90 Å². The normalized spacial score (nSPS) is 21.8. The smallest absolute Gasteiger partial charge is 0.131 e. The molecule has 1 aliphatic heterocycles. The summed E-state index contributed by atoms with van der Waals surface area (Å²) in [6, 6.07) is 12.0. The summed E-state index contributed by atoms with van der Waals surface area (Å²) in [5.74, 6) is 0. The first-order chi connectivity index (χ1) is 8.98. The maximum Gasteiger partial charge on any atom is 0.131 e. The predicted octanol–water partition coefficient (Wildman–Crippen LogP) is 2.63. The molecule has 0 amide bonds. The fourth-order valence-electron chi connectivity index (χ4n) is 2.89. The summed E-state index contributed by atoms with van der Waals surface area (Å²) in [7, 11) is 0. The van der Waals surface area contributed by atoms with E-state index in [0.29, 0.717) is 6.42 Å². The third-order valence-corrected chi connectivity index (χ3v) is 4.34. The van der Waals surface area contributed by atoms with Gasteiger partial charge in [0.1, 0.15) is 5.54 Å². The summed E-state index contributed by atoms with van der Waals surface area (Å²) in [5, 5.41) is 9.45. The van der Waals surface area contributed by atoms with E-state index >= 15 is 0 Å². The van der Waals surface area contributed by atoms with Crippen molar-refractivity contribution in [3.63, 3.8) is 0 Å². The first-order valence-corrected chi connectivity index (χ1v) is 6.99. The number of benzene rings is 1. The van der Waals surface area contributed by atoms with Crippen LogP contribution in [0.4, 0.5) is 0 Å². The summed E-state index contributed by atoms with van der Waals surface area (Å²) >= 11 is 0. The second-order valence-corrected chi connectivity index (χ2v) is 6.10. The summed E-state index contributed by atoms with van der Waals surface area (Å²) in [6.07, 6.45) is 3.14. The summed E-state index contributed by atoms with van der Waals surface area (Å²) in [6.45, 7) is 6.54. The number of nitrogens with two attached hydrogens (primary N) is 1. The Labute approximate surface area is 116 Å². The zero-order valence-electron chi connectivity index (χ0n) is 11.9. The van der Waals surface area contributed by atoms with E-state index in [0.717, 1.165) is 18.7 Å². The van der Waals surface area contributed by atoms with E-state index in [4.69, 9.17) is 5.73 Å². The Morgan fingerprint density at radius 2 is 2.05 bits per heavy atom. The predicted molar refractivity (Wildman–Crippen MR) is 77.4 cm³/mol. The van der Waals surface area contributed by atoms with Gasteiger partial charge in [-0.2, -0.15) is 5.26 Å². The zero-order valence-corrected chi connectivity index (χ0v) is 11.9. The van der Waals surface area contributed by atoms with E-state index in [1.807, 2.05) is 30.3 Å². The van der Waals surface area contributed by atoms with Crippen molar-refractivity contribution in [2.45, 2.75) is 44.2 Å². The van der Waals surface area contributed by atoms with E-state index in [1.165, 1.54) is 12.8 Å². The average molecular weight is 257 g/mol. The molecule has 102 valence electrons. The minimum Gasteiger partial charge on any atom is -0.310 e. The molecule has 0 radical (unpaired) electrons. The Morgan fingerprint density at radius 3 is 2.58 bits per heavy atom.